The zero-order valence-corrected chi connectivity index (χ0v) is 14.3. The second-order valence-corrected chi connectivity index (χ2v) is 5.96. The molecule has 1 aliphatic rings. The maximum Gasteiger partial charge on any atom is 0.267 e. The molecule has 7 heteroatoms. The van der Waals surface area contributed by atoms with E-state index in [0.717, 1.165) is 42.5 Å². The molecule has 0 aliphatic heterocycles. The van der Waals surface area contributed by atoms with E-state index in [4.69, 9.17) is 0 Å². The first kappa shape index (κ1) is 18.6. The van der Waals surface area contributed by atoms with E-state index < -0.39 is 0 Å². The van der Waals surface area contributed by atoms with Crippen LogP contribution in [0.2, 0.25) is 0 Å². The summed E-state index contributed by atoms with van der Waals surface area (Å²) in [6.45, 7) is 2.66. The van der Waals surface area contributed by atoms with E-state index in [1.54, 1.807) is 0 Å². The first-order valence-electron chi connectivity index (χ1n) is 7.51. The van der Waals surface area contributed by atoms with E-state index >= 15 is 0 Å². The lowest BCUT2D eigenvalue weighted by Gasteiger charge is -2.20. The number of nitrogens with zero attached hydrogens (tertiary/aromatic N) is 2. The van der Waals surface area contributed by atoms with Gasteiger partial charge in [0.2, 0.25) is 5.91 Å². The Hall–Kier alpha value is -1.40. The number of likely N-dealkylation sites (N-methyl/N-ethyl adjacent to an activating group) is 1. The van der Waals surface area contributed by atoms with Crippen molar-refractivity contribution >= 4 is 18.3 Å². The molecule has 0 fully saturated rings. The van der Waals surface area contributed by atoms with Crippen molar-refractivity contribution in [1.82, 2.24) is 20.4 Å². The number of fused-ring (bicyclic) bond motifs is 1. The lowest BCUT2D eigenvalue weighted by Crippen LogP contribution is -2.39. The van der Waals surface area contributed by atoms with E-state index in [2.05, 4.69) is 27.3 Å². The van der Waals surface area contributed by atoms with E-state index in [9.17, 15) is 9.59 Å². The van der Waals surface area contributed by atoms with Crippen molar-refractivity contribution in [3.63, 3.8) is 0 Å². The van der Waals surface area contributed by atoms with Crippen LogP contribution in [0.4, 0.5) is 0 Å². The molecule has 6 nitrogen and oxygen atoms in total. The van der Waals surface area contributed by atoms with Crippen LogP contribution in [0.5, 0.6) is 0 Å². The highest BCUT2D eigenvalue weighted by molar-refractivity contribution is 5.85. The zero-order valence-electron chi connectivity index (χ0n) is 13.4. The van der Waals surface area contributed by atoms with Crippen LogP contribution in [-0.2, 0) is 24.1 Å². The minimum Gasteiger partial charge on any atom is -0.354 e. The van der Waals surface area contributed by atoms with Gasteiger partial charge in [-0.1, -0.05) is 0 Å². The number of aromatic amines is 1. The molecule has 0 radical (unpaired) electrons. The van der Waals surface area contributed by atoms with Gasteiger partial charge < -0.3 is 10.2 Å². The Kier molecular flexibility index (Phi) is 7.03. The first-order valence-corrected chi connectivity index (χ1v) is 7.51. The minimum absolute atomic E-state index is 0. The number of halogens is 1. The Labute approximate surface area is 137 Å². The van der Waals surface area contributed by atoms with Gasteiger partial charge in [-0.05, 0) is 52.3 Å². The fourth-order valence-corrected chi connectivity index (χ4v) is 2.53. The zero-order chi connectivity index (χ0) is 15.4. The third-order valence-electron chi connectivity index (χ3n) is 4.19. The van der Waals surface area contributed by atoms with Gasteiger partial charge in [-0.2, -0.15) is 5.10 Å². The molecule has 0 aromatic carbocycles. The molecule has 124 valence electrons. The average Bonchev–Trinajstić information content (AvgIpc) is 2.48. The third kappa shape index (κ3) is 4.55. The predicted molar refractivity (Wildman–Crippen MR) is 88.6 cm³/mol. The second kappa shape index (κ2) is 8.29. The predicted octanol–water partition coefficient (Wildman–Crippen LogP) is 0.679. The summed E-state index contributed by atoms with van der Waals surface area (Å²) in [6, 6.07) is 0.284. The highest BCUT2D eigenvalue weighted by atomic mass is 35.5. The van der Waals surface area contributed by atoms with Crippen molar-refractivity contribution in [2.24, 2.45) is 0 Å². The second-order valence-electron chi connectivity index (χ2n) is 5.96. The molecule has 2 rings (SSSR count). The molecule has 1 aliphatic carbocycles. The van der Waals surface area contributed by atoms with Crippen molar-refractivity contribution in [2.75, 3.05) is 20.6 Å². The van der Waals surface area contributed by atoms with E-state index in [0.29, 0.717) is 6.54 Å². The number of rotatable bonds is 5. The molecule has 1 atom stereocenters. The van der Waals surface area contributed by atoms with Crippen molar-refractivity contribution in [2.45, 2.75) is 45.1 Å². The van der Waals surface area contributed by atoms with Gasteiger partial charge in [0.1, 0.15) is 0 Å². The Bertz CT molecular complexity index is 571. The van der Waals surface area contributed by atoms with Crippen LogP contribution in [0.3, 0.4) is 0 Å². The molecule has 1 aromatic rings. The largest absolute Gasteiger partial charge is 0.354 e. The molecule has 0 saturated carbocycles. The maximum atomic E-state index is 12.0. The molecular formula is C15H25ClN4O2. The van der Waals surface area contributed by atoms with Crippen LogP contribution in [0.15, 0.2) is 4.79 Å². The van der Waals surface area contributed by atoms with Gasteiger partial charge in [0, 0.05) is 18.2 Å². The quantitative estimate of drug-likeness (QED) is 0.833. The summed E-state index contributed by atoms with van der Waals surface area (Å²) in [5.41, 5.74) is 2.43. The summed E-state index contributed by atoms with van der Waals surface area (Å²) in [7, 11) is 3.97. The molecular weight excluding hydrogens is 304 g/mol. The van der Waals surface area contributed by atoms with Gasteiger partial charge in [0.05, 0.1) is 12.1 Å². The topological polar surface area (TPSA) is 78.1 Å². The van der Waals surface area contributed by atoms with Crippen molar-refractivity contribution < 1.29 is 4.79 Å². The molecule has 1 heterocycles. The van der Waals surface area contributed by atoms with Gasteiger partial charge in [-0.15, -0.1) is 12.4 Å². The van der Waals surface area contributed by atoms with Crippen molar-refractivity contribution in [3.8, 4) is 0 Å². The lowest BCUT2D eigenvalue weighted by molar-refractivity contribution is -0.120. The Balaban J connectivity index is 0.00000242. The van der Waals surface area contributed by atoms with Crippen LogP contribution in [0.1, 0.15) is 36.6 Å². The Morgan fingerprint density at radius 1 is 1.32 bits per heavy atom. The standard InChI is InChI=1S/C15H24N4O2.ClH/c1-10(19(2)3)9-16-14(20)8-13-11-6-4-5-7-12(11)15(21)18-17-13;/h10H,4-9H2,1-3H3,(H,16,20)(H,18,21);1H. The summed E-state index contributed by atoms with van der Waals surface area (Å²) in [5, 5.41) is 9.53. The van der Waals surface area contributed by atoms with Gasteiger partial charge in [0.15, 0.2) is 0 Å². The monoisotopic (exact) mass is 328 g/mol. The molecule has 1 amide bonds. The molecule has 0 spiro atoms. The van der Waals surface area contributed by atoms with Crippen LogP contribution >= 0.6 is 12.4 Å². The summed E-state index contributed by atoms with van der Waals surface area (Å²) in [4.78, 5) is 25.9. The molecule has 0 saturated heterocycles. The Morgan fingerprint density at radius 3 is 2.59 bits per heavy atom. The van der Waals surface area contributed by atoms with Gasteiger partial charge in [-0.3, -0.25) is 9.59 Å². The highest BCUT2D eigenvalue weighted by Crippen LogP contribution is 2.20. The first-order chi connectivity index (χ1) is 9.99. The van der Waals surface area contributed by atoms with Gasteiger partial charge >= 0.3 is 0 Å². The fourth-order valence-electron chi connectivity index (χ4n) is 2.53. The molecule has 0 bridgehead atoms. The molecule has 22 heavy (non-hydrogen) atoms. The smallest absolute Gasteiger partial charge is 0.267 e. The lowest BCUT2D eigenvalue weighted by atomic mass is 9.91. The molecule has 2 N–H and O–H groups in total. The number of hydrogen-bond acceptors (Lipinski definition) is 4. The Morgan fingerprint density at radius 2 is 1.95 bits per heavy atom. The van der Waals surface area contributed by atoms with E-state index in [1.807, 2.05) is 14.1 Å². The van der Waals surface area contributed by atoms with Crippen LogP contribution < -0.4 is 10.9 Å². The van der Waals surface area contributed by atoms with E-state index in [-0.39, 0.29) is 36.3 Å². The number of hydrogen-bond donors (Lipinski definition) is 2. The number of carbonyl (C=O) groups is 1. The fraction of sp³-hybridized carbons (Fsp3) is 0.667. The van der Waals surface area contributed by atoms with E-state index in [1.165, 1.54) is 0 Å². The average molecular weight is 329 g/mol. The minimum atomic E-state index is -0.102. The summed E-state index contributed by atoms with van der Waals surface area (Å²) in [5.74, 6) is -0.0453. The number of amides is 1. The normalized spacial score (nSPS) is 14.9. The van der Waals surface area contributed by atoms with Crippen LogP contribution in [0, 0.1) is 0 Å². The third-order valence-corrected chi connectivity index (χ3v) is 4.19. The maximum absolute atomic E-state index is 12.0. The van der Waals surface area contributed by atoms with Crippen LogP contribution in [0.25, 0.3) is 0 Å². The number of carbonyl (C=O) groups excluding carboxylic acids is 1. The number of aromatic nitrogens is 2. The van der Waals surface area contributed by atoms with Gasteiger partial charge in [0.25, 0.3) is 5.56 Å². The number of H-pyrrole nitrogens is 1. The highest BCUT2D eigenvalue weighted by Gasteiger charge is 2.19. The van der Waals surface area contributed by atoms with Gasteiger partial charge in [-0.25, -0.2) is 5.10 Å². The number of nitrogens with one attached hydrogen (secondary N) is 2. The summed E-state index contributed by atoms with van der Waals surface area (Å²) < 4.78 is 0. The summed E-state index contributed by atoms with van der Waals surface area (Å²) in [6.07, 6.45) is 3.97. The SMILES string of the molecule is CC(CNC(=O)Cc1n[nH]c(=O)c2c1CCCC2)N(C)C.Cl. The summed E-state index contributed by atoms with van der Waals surface area (Å²) >= 11 is 0. The van der Waals surface area contributed by atoms with Crippen molar-refractivity contribution in [1.29, 1.82) is 0 Å². The van der Waals surface area contributed by atoms with Crippen molar-refractivity contribution in [3.05, 3.63) is 27.2 Å². The molecule has 1 aromatic heterocycles. The van der Waals surface area contributed by atoms with Crippen LogP contribution in [-0.4, -0.2) is 47.7 Å². The molecule has 1 unspecified atom stereocenters.